The topological polar surface area (TPSA) is 0 Å². The molecule has 1 radical (unpaired) electrons. The van der Waals surface area contributed by atoms with Gasteiger partial charge in [-0.2, -0.15) is 0 Å². The summed E-state index contributed by atoms with van der Waals surface area (Å²) >= 11 is 0. The molecule has 1 heteroatoms. The Kier molecular flexibility index (Phi) is 18.0. The van der Waals surface area contributed by atoms with Crippen molar-refractivity contribution in [1.82, 2.24) is 0 Å². The van der Waals surface area contributed by atoms with Crippen molar-refractivity contribution in [2.24, 2.45) is 0 Å². The van der Waals surface area contributed by atoms with Crippen molar-refractivity contribution in [1.29, 1.82) is 0 Å². The van der Waals surface area contributed by atoms with E-state index in [-0.39, 0.29) is 18.9 Å². The van der Waals surface area contributed by atoms with Crippen molar-refractivity contribution in [3.8, 4) is 0 Å². The third kappa shape index (κ3) is 15.1. The zero-order valence-corrected chi connectivity index (χ0v) is 9.65. The monoisotopic (exact) mass is 175 g/mol. The molecule has 0 nitrogen and oxygen atoms in total. The van der Waals surface area contributed by atoms with E-state index >= 15 is 0 Å². The summed E-state index contributed by atoms with van der Waals surface area (Å²) in [5, 5.41) is 0. The average Bonchev–Trinajstić information content (AvgIpc) is 2.10. The first-order chi connectivity index (χ1) is 5.91. The van der Waals surface area contributed by atoms with Crippen molar-refractivity contribution < 1.29 is 0 Å². The summed E-state index contributed by atoms with van der Waals surface area (Å²) < 4.78 is 0. The van der Waals surface area contributed by atoms with Crippen LogP contribution in [0.3, 0.4) is 0 Å². The van der Waals surface area contributed by atoms with Gasteiger partial charge >= 0.3 is 0 Å². The Morgan fingerprint density at radius 2 is 1.31 bits per heavy atom. The Morgan fingerprint density at radius 3 is 1.77 bits per heavy atom. The zero-order valence-electron chi connectivity index (χ0n) is 9.65. The van der Waals surface area contributed by atoms with E-state index in [4.69, 9.17) is 0 Å². The molecule has 0 spiro atoms. The van der Waals surface area contributed by atoms with Crippen LogP contribution in [0, 0.1) is 0 Å². The van der Waals surface area contributed by atoms with Gasteiger partial charge in [-0.05, 0) is 12.8 Å². The van der Waals surface area contributed by atoms with Crippen LogP contribution in [0.4, 0.5) is 0 Å². The molecule has 0 aromatic heterocycles. The van der Waals surface area contributed by atoms with E-state index in [1.807, 2.05) is 6.08 Å². The fraction of sp³-hybridized carbons (Fsp3) is 0.833. The standard InChI is InChI=1S/C12H24.Li/c1-3-5-7-9-11-12-10-8-6-4-2;/h3H,1,4-12H2,2H3;. The molecule has 0 aliphatic heterocycles. The molecule has 0 aliphatic carbocycles. The molecule has 0 heterocycles. The summed E-state index contributed by atoms with van der Waals surface area (Å²) in [4.78, 5) is 0. The molecule has 13 heavy (non-hydrogen) atoms. The van der Waals surface area contributed by atoms with Gasteiger partial charge in [0.1, 0.15) is 0 Å². The average molecular weight is 175 g/mol. The van der Waals surface area contributed by atoms with Crippen molar-refractivity contribution in [2.45, 2.75) is 64.7 Å². The second-order valence-electron chi connectivity index (χ2n) is 3.55. The third-order valence-electron chi connectivity index (χ3n) is 2.26. The van der Waals surface area contributed by atoms with Crippen LogP contribution in [-0.2, 0) is 0 Å². The van der Waals surface area contributed by atoms with Gasteiger partial charge in [0.05, 0.1) is 0 Å². The van der Waals surface area contributed by atoms with Crippen molar-refractivity contribution in [3.05, 3.63) is 12.7 Å². The number of unbranched alkanes of at least 4 members (excludes halogenated alkanes) is 8. The predicted molar refractivity (Wildman–Crippen MR) is 63.2 cm³/mol. The van der Waals surface area contributed by atoms with Gasteiger partial charge < -0.3 is 0 Å². The molecule has 0 bridgehead atoms. The van der Waals surface area contributed by atoms with Gasteiger partial charge in [-0.1, -0.05) is 57.9 Å². The minimum absolute atomic E-state index is 0. The Morgan fingerprint density at radius 1 is 0.846 bits per heavy atom. The van der Waals surface area contributed by atoms with Crippen molar-refractivity contribution in [2.75, 3.05) is 0 Å². The molecular formula is C12H24Li. The molecular weight excluding hydrogens is 151 g/mol. The molecule has 0 saturated heterocycles. The van der Waals surface area contributed by atoms with Gasteiger partial charge in [0.15, 0.2) is 0 Å². The SMILES string of the molecule is C=CCCCCCCCCCC.[Li]. The van der Waals surface area contributed by atoms with Crippen LogP contribution in [-0.4, -0.2) is 18.9 Å². The Balaban J connectivity index is 0. The van der Waals surface area contributed by atoms with Crippen LogP contribution in [0.15, 0.2) is 12.7 Å². The maximum absolute atomic E-state index is 3.72. The number of rotatable bonds is 9. The van der Waals surface area contributed by atoms with Crippen LogP contribution >= 0.6 is 0 Å². The van der Waals surface area contributed by atoms with Gasteiger partial charge in [-0.25, -0.2) is 0 Å². The van der Waals surface area contributed by atoms with E-state index in [1.54, 1.807) is 0 Å². The number of hydrogen-bond acceptors (Lipinski definition) is 0. The van der Waals surface area contributed by atoms with Gasteiger partial charge in [-0.3, -0.25) is 0 Å². The van der Waals surface area contributed by atoms with Crippen LogP contribution < -0.4 is 0 Å². The van der Waals surface area contributed by atoms with Crippen LogP contribution in [0.5, 0.6) is 0 Å². The molecule has 0 atom stereocenters. The summed E-state index contributed by atoms with van der Waals surface area (Å²) in [7, 11) is 0. The smallest absolute Gasteiger partial charge is 0 e. The van der Waals surface area contributed by atoms with Crippen molar-refractivity contribution >= 4 is 18.9 Å². The molecule has 0 rings (SSSR count). The molecule has 73 valence electrons. The summed E-state index contributed by atoms with van der Waals surface area (Å²) in [6.07, 6.45) is 14.5. The molecule has 0 unspecified atom stereocenters. The quantitative estimate of drug-likeness (QED) is 0.278. The Hall–Kier alpha value is 0.337. The minimum Gasteiger partial charge on any atom is -0.103 e. The maximum Gasteiger partial charge on any atom is 0 e. The second kappa shape index (κ2) is 14.8. The molecule has 0 aromatic rings. The van der Waals surface area contributed by atoms with Crippen LogP contribution in [0.2, 0.25) is 0 Å². The zero-order chi connectivity index (χ0) is 9.07. The second-order valence-corrected chi connectivity index (χ2v) is 3.55. The first-order valence-corrected chi connectivity index (χ1v) is 5.52. The molecule has 0 fully saturated rings. The largest absolute Gasteiger partial charge is 0.103 e. The van der Waals surface area contributed by atoms with E-state index in [9.17, 15) is 0 Å². The van der Waals surface area contributed by atoms with Crippen LogP contribution in [0.25, 0.3) is 0 Å². The van der Waals surface area contributed by atoms with Gasteiger partial charge in [0.25, 0.3) is 0 Å². The molecule has 0 aliphatic rings. The van der Waals surface area contributed by atoms with Crippen LogP contribution in [0.1, 0.15) is 64.7 Å². The molecule has 0 saturated carbocycles. The maximum atomic E-state index is 3.72. The number of allylic oxidation sites excluding steroid dienone is 1. The molecule has 0 N–H and O–H groups in total. The van der Waals surface area contributed by atoms with E-state index in [2.05, 4.69) is 13.5 Å². The van der Waals surface area contributed by atoms with Gasteiger partial charge in [0, 0.05) is 18.9 Å². The normalized spacial score (nSPS) is 9.31. The fourth-order valence-corrected chi connectivity index (χ4v) is 1.42. The summed E-state index contributed by atoms with van der Waals surface area (Å²) in [6, 6.07) is 0. The van der Waals surface area contributed by atoms with Crippen molar-refractivity contribution in [3.63, 3.8) is 0 Å². The first kappa shape index (κ1) is 15.8. The van der Waals surface area contributed by atoms with Gasteiger partial charge in [0.2, 0.25) is 0 Å². The summed E-state index contributed by atoms with van der Waals surface area (Å²) in [5.74, 6) is 0. The van der Waals surface area contributed by atoms with Gasteiger partial charge in [-0.15, -0.1) is 6.58 Å². The van der Waals surface area contributed by atoms with E-state index in [0.29, 0.717) is 0 Å². The van der Waals surface area contributed by atoms with E-state index < -0.39 is 0 Å². The molecule has 0 aromatic carbocycles. The van der Waals surface area contributed by atoms with E-state index in [1.165, 1.54) is 57.8 Å². The Labute approximate surface area is 96.4 Å². The summed E-state index contributed by atoms with van der Waals surface area (Å²) in [5.41, 5.74) is 0. The fourth-order valence-electron chi connectivity index (χ4n) is 1.42. The van der Waals surface area contributed by atoms with E-state index in [0.717, 1.165) is 0 Å². The first-order valence-electron chi connectivity index (χ1n) is 5.52. The minimum atomic E-state index is 0. The summed E-state index contributed by atoms with van der Waals surface area (Å²) in [6.45, 7) is 5.99. The predicted octanol–water partition coefficient (Wildman–Crippen LogP) is 4.32. The number of hydrogen-bond donors (Lipinski definition) is 0. The molecule has 0 amide bonds. The third-order valence-corrected chi connectivity index (χ3v) is 2.26. The Bertz CT molecular complexity index is 89.1.